The Bertz CT molecular complexity index is 73.7. The maximum atomic E-state index is 8.33. The molecular weight excluding hydrogens is 232 g/mol. The molecule has 0 radical (unpaired) electrons. The van der Waals surface area contributed by atoms with Gasteiger partial charge in [0, 0.05) is 0 Å². The van der Waals surface area contributed by atoms with Gasteiger partial charge in [0.15, 0.2) is 0 Å². The van der Waals surface area contributed by atoms with Gasteiger partial charge in [-0.3, -0.25) is 0 Å². The number of carboxylic acid groups (broad SMARTS) is 4. The van der Waals surface area contributed by atoms with Gasteiger partial charge >= 0.3 is 62.3 Å². The van der Waals surface area contributed by atoms with Crippen LogP contribution in [0.2, 0.25) is 0 Å². The summed E-state index contributed by atoms with van der Waals surface area (Å²) in [4.78, 5) is 16.7. The summed E-state index contributed by atoms with van der Waals surface area (Å²) in [7, 11) is 0. The van der Waals surface area contributed by atoms with Crippen molar-refractivity contribution in [3.8, 4) is 0 Å². The minimum atomic E-state index is -2.33. The average Bonchev–Trinajstić information content (AvgIpc) is 1.25. The van der Waals surface area contributed by atoms with Crippen LogP contribution in [0.25, 0.3) is 0 Å². The molecule has 0 fully saturated rings. The zero-order chi connectivity index (χ0) is 7.15. The van der Waals surface area contributed by atoms with Crippen molar-refractivity contribution in [2.24, 2.45) is 0 Å². The molecular formula is C2NaO6Y. The van der Waals surface area contributed by atoms with Crippen molar-refractivity contribution in [1.29, 1.82) is 0 Å². The predicted molar refractivity (Wildman–Crippen MR) is 10.8 cm³/mol. The summed E-state index contributed by atoms with van der Waals surface area (Å²) >= 11 is 0. The maximum absolute atomic E-state index is 8.33. The van der Waals surface area contributed by atoms with Crippen molar-refractivity contribution in [2.45, 2.75) is 0 Å². The smallest absolute Gasteiger partial charge is 0.652 e. The molecule has 0 aromatic carbocycles. The second kappa shape index (κ2) is 16.3. The van der Waals surface area contributed by atoms with Crippen LogP contribution < -0.4 is 50.0 Å². The third-order valence-corrected chi connectivity index (χ3v) is 0. The van der Waals surface area contributed by atoms with Crippen molar-refractivity contribution in [1.82, 2.24) is 0 Å². The molecule has 0 rings (SSSR count). The van der Waals surface area contributed by atoms with Gasteiger partial charge in [0.25, 0.3) is 0 Å². The number of carbonyl (C=O) groups is 2. The van der Waals surface area contributed by atoms with Crippen LogP contribution in [0.3, 0.4) is 0 Å². The summed E-state index contributed by atoms with van der Waals surface area (Å²) in [6.45, 7) is 0. The molecule has 0 bridgehead atoms. The van der Waals surface area contributed by atoms with Crippen molar-refractivity contribution >= 4 is 12.3 Å². The minimum Gasteiger partial charge on any atom is -0.652 e. The third kappa shape index (κ3) is 1220. The zero-order valence-corrected chi connectivity index (χ0v) is 9.87. The Morgan fingerprint density at radius 2 is 0.800 bits per heavy atom. The number of carbonyl (C=O) groups excluding carboxylic acids is 2. The molecule has 6 nitrogen and oxygen atoms in total. The van der Waals surface area contributed by atoms with Gasteiger partial charge in [0.1, 0.15) is 0 Å². The van der Waals surface area contributed by atoms with Crippen LogP contribution in [0.1, 0.15) is 0 Å². The minimum absolute atomic E-state index is 0. The molecule has 0 unspecified atom stereocenters. The third-order valence-electron chi connectivity index (χ3n) is 0. The Labute approximate surface area is 103 Å². The Kier molecular flexibility index (Phi) is 36.6. The first-order valence-corrected chi connectivity index (χ1v) is 1.22. The van der Waals surface area contributed by atoms with Crippen molar-refractivity contribution < 1.29 is 92.3 Å². The van der Waals surface area contributed by atoms with Crippen LogP contribution >= 0.6 is 0 Å². The molecule has 10 heavy (non-hydrogen) atoms. The quantitative estimate of drug-likeness (QED) is 0.381. The first kappa shape index (κ1) is 22.4. The maximum Gasteiger partial charge on any atom is 3.00 e. The second-order valence-electron chi connectivity index (χ2n) is 0.500. The monoisotopic (exact) mass is 232 g/mol. The Morgan fingerprint density at radius 3 is 0.800 bits per heavy atom. The van der Waals surface area contributed by atoms with Crippen LogP contribution in [0.4, 0.5) is 9.59 Å². The summed E-state index contributed by atoms with van der Waals surface area (Å²) < 4.78 is 0. The molecule has 0 saturated carbocycles. The first-order chi connectivity index (χ1) is 3.46. The summed E-state index contributed by atoms with van der Waals surface area (Å²) in [6, 6.07) is 0. The number of hydrogen-bond donors (Lipinski definition) is 0. The molecule has 0 amide bonds. The fraction of sp³-hybridized carbons (Fsp3) is 0. The fourth-order valence-corrected chi connectivity index (χ4v) is 0. The van der Waals surface area contributed by atoms with Gasteiger partial charge in [-0.15, -0.1) is 0 Å². The van der Waals surface area contributed by atoms with Crippen molar-refractivity contribution in [3.63, 3.8) is 0 Å². The summed E-state index contributed by atoms with van der Waals surface area (Å²) in [5, 5.41) is 33.3. The molecule has 0 aliphatic heterocycles. The Hall–Kier alpha value is 0.644. The van der Waals surface area contributed by atoms with Crippen LogP contribution in [0.5, 0.6) is 0 Å². The fourth-order valence-electron chi connectivity index (χ4n) is 0. The molecule has 0 aliphatic rings. The van der Waals surface area contributed by atoms with E-state index in [1.807, 2.05) is 0 Å². The number of hydrogen-bond acceptors (Lipinski definition) is 6. The topological polar surface area (TPSA) is 126 Å². The molecule has 0 spiro atoms. The largest absolute Gasteiger partial charge is 3.00 e. The second-order valence-corrected chi connectivity index (χ2v) is 0.500. The normalized spacial score (nSPS) is 4.80. The van der Waals surface area contributed by atoms with E-state index in [9.17, 15) is 0 Å². The molecule has 0 aliphatic carbocycles. The van der Waals surface area contributed by atoms with Crippen LogP contribution in [0.15, 0.2) is 0 Å². The van der Waals surface area contributed by atoms with Gasteiger partial charge in [-0.1, -0.05) is 0 Å². The van der Waals surface area contributed by atoms with Crippen LogP contribution in [-0.2, 0) is 32.7 Å². The van der Waals surface area contributed by atoms with E-state index in [-0.39, 0.29) is 62.3 Å². The van der Waals surface area contributed by atoms with E-state index in [0.717, 1.165) is 0 Å². The van der Waals surface area contributed by atoms with Crippen LogP contribution in [0, 0.1) is 0 Å². The predicted octanol–water partition coefficient (Wildman–Crippen LogP) is -7.89. The standard InChI is InChI=1S/2CH2O3.Na.Y/c2*2-1(3)4;;/h2*(H2,2,3,4);;/q;;+1;+3/p-4. The van der Waals surface area contributed by atoms with E-state index in [4.69, 9.17) is 30.0 Å². The summed E-state index contributed by atoms with van der Waals surface area (Å²) in [5.74, 6) is 0. The Balaban J connectivity index is -0.0000000300. The van der Waals surface area contributed by atoms with E-state index in [0.29, 0.717) is 0 Å². The van der Waals surface area contributed by atoms with E-state index < -0.39 is 12.3 Å². The Morgan fingerprint density at radius 1 is 0.800 bits per heavy atom. The van der Waals surface area contributed by atoms with E-state index in [1.165, 1.54) is 0 Å². The van der Waals surface area contributed by atoms with Gasteiger partial charge in [0.05, 0.1) is 0 Å². The van der Waals surface area contributed by atoms with Gasteiger partial charge in [0.2, 0.25) is 0 Å². The first-order valence-electron chi connectivity index (χ1n) is 1.22. The molecule has 0 aromatic rings. The van der Waals surface area contributed by atoms with Gasteiger partial charge in [-0.25, -0.2) is 0 Å². The van der Waals surface area contributed by atoms with Gasteiger partial charge in [-0.2, -0.15) is 0 Å². The molecule has 0 aromatic heterocycles. The summed E-state index contributed by atoms with van der Waals surface area (Å²) in [6.07, 6.45) is -4.67. The van der Waals surface area contributed by atoms with Gasteiger partial charge < -0.3 is 30.0 Å². The average molecular weight is 232 g/mol. The molecule has 0 atom stereocenters. The zero-order valence-electron chi connectivity index (χ0n) is 5.03. The van der Waals surface area contributed by atoms with Gasteiger partial charge in [-0.05, 0) is 12.3 Å². The summed E-state index contributed by atoms with van der Waals surface area (Å²) in [5.41, 5.74) is 0. The molecule has 0 saturated heterocycles. The molecule has 0 N–H and O–H groups in total. The van der Waals surface area contributed by atoms with E-state index in [2.05, 4.69) is 0 Å². The van der Waals surface area contributed by atoms with Crippen molar-refractivity contribution in [2.75, 3.05) is 0 Å². The van der Waals surface area contributed by atoms with Crippen molar-refractivity contribution in [3.05, 3.63) is 0 Å². The molecule has 0 heterocycles. The van der Waals surface area contributed by atoms with E-state index >= 15 is 0 Å². The molecule has 8 heteroatoms. The molecule has 48 valence electrons. The SMILES string of the molecule is O=C([O-])[O-].O=C([O-])[O-].[Na+].[Y+3]. The van der Waals surface area contributed by atoms with Crippen LogP contribution in [-0.4, -0.2) is 12.3 Å². The van der Waals surface area contributed by atoms with E-state index in [1.54, 1.807) is 0 Å². The number of rotatable bonds is 0.